The highest BCUT2D eigenvalue weighted by atomic mass is 32.3. The van der Waals surface area contributed by atoms with Crippen LogP contribution in [-0.4, -0.2) is 59.3 Å². The minimum absolute atomic E-state index is 0.0745. The molecule has 1 aliphatic heterocycles. The Morgan fingerprint density at radius 3 is 2.38 bits per heavy atom. The van der Waals surface area contributed by atoms with E-state index in [0.717, 1.165) is 50.6 Å². The summed E-state index contributed by atoms with van der Waals surface area (Å²) in [4.78, 5) is 22.5. The molecule has 2 atom stereocenters. The van der Waals surface area contributed by atoms with E-state index in [0.29, 0.717) is 59.5 Å². The van der Waals surface area contributed by atoms with Crippen LogP contribution in [0.4, 0.5) is 5.95 Å². The number of anilines is 1. The highest BCUT2D eigenvalue weighted by molar-refractivity contribution is 8.24. The van der Waals surface area contributed by atoms with Gasteiger partial charge in [-0.1, -0.05) is 0 Å². The van der Waals surface area contributed by atoms with E-state index in [4.69, 9.17) is 4.98 Å². The zero-order valence-corrected chi connectivity index (χ0v) is 19.2. The molecule has 0 spiro atoms. The van der Waals surface area contributed by atoms with Gasteiger partial charge in [-0.2, -0.15) is 10.6 Å². The Morgan fingerprint density at radius 2 is 1.75 bits per heavy atom. The highest BCUT2D eigenvalue weighted by Gasteiger charge is 2.55. The van der Waals surface area contributed by atoms with Gasteiger partial charge in [-0.3, -0.25) is 13.9 Å². The van der Waals surface area contributed by atoms with Crippen LogP contribution in [0.3, 0.4) is 0 Å². The topological polar surface area (TPSA) is 128 Å². The number of hydrogen-bond donors (Lipinski definition) is 5. The molecular formula is C23H34N4O4S. The van der Waals surface area contributed by atoms with Crippen molar-refractivity contribution in [3.8, 4) is 0 Å². The van der Waals surface area contributed by atoms with E-state index in [2.05, 4.69) is 15.6 Å². The summed E-state index contributed by atoms with van der Waals surface area (Å²) < 4.78 is 19.7. The summed E-state index contributed by atoms with van der Waals surface area (Å²) in [6.45, 7) is 0. The summed E-state index contributed by atoms with van der Waals surface area (Å²) in [5.41, 5.74) is 0.922. The molecule has 8 nitrogen and oxygen atoms in total. The average molecular weight is 463 g/mol. The Kier molecular flexibility index (Phi) is 4.99. The van der Waals surface area contributed by atoms with E-state index in [1.54, 1.807) is 6.20 Å². The minimum Gasteiger partial charge on any atom is -0.390 e. The van der Waals surface area contributed by atoms with Gasteiger partial charge >= 0.3 is 0 Å². The second-order valence-corrected chi connectivity index (χ2v) is 13.5. The maximum Gasteiger partial charge on any atom is 0.254 e. The predicted octanol–water partition coefficient (Wildman–Crippen LogP) is 3.35. The number of aromatic nitrogens is 2. The van der Waals surface area contributed by atoms with E-state index in [1.807, 2.05) is 0 Å². The highest BCUT2D eigenvalue weighted by Crippen LogP contribution is 2.55. The monoisotopic (exact) mass is 462 g/mol. The van der Waals surface area contributed by atoms with Gasteiger partial charge in [-0.05, 0) is 75.5 Å². The smallest absolute Gasteiger partial charge is 0.254 e. The Hall–Kier alpha value is -1.42. The molecule has 1 saturated heterocycles. The van der Waals surface area contributed by atoms with Crippen LogP contribution in [-0.2, 0) is 0 Å². The van der Waals surface area contributed by atoms with Crippen LogP contribution in [0.15, 0.2) is 6.20 Å². The molecule has 9 heteroatoms. The van der Waals surface area contributed by atoms with E-state index in [1.165, 1.54) is 0 Å². The maximum absolute atomic E-state index is 13.3. The number of nitrogens with one attached hydrogen (secondary N) is 2. The summed E-state index contributed by atoms with van der Waals surface area (Å²) in [5, 5.41) is 17.5. The third-order valence-corrected chi connectivity index (χ3v) is 10.3. The summed E-state index contributed by atoms with van der Waals surface area (Å²) in [6.07, 6.45) is 9.92. The van der Waals surface area contributed by atoms with E-state index < -0.39 is 16.2 Å². The van der Waals surface area contributed by atoms with Crippen LogP contribution in [0, 0.1) is 17.8 Å². The fourth-order valence-electron chi connectivity index (χ4n) is 6.99. The van der Waals surface area contributed by atoms with Gasteiger partial charge in [-0.15, -0.1) is 0 Å². The lowest BCUT2D eigenvalue weighted by atomic mass is 9.52. The lowest BCUT2D eigenvalue weighted by molar-refractivity contribution is -0.136. The summed E-state index contributed by atoms with van der Waals surface area (Å²) >= 11 is 0. The number of rotatable bonds is 5. The lowest BCUT2D eigenvalue weighted by Gasteiger charge is -2.58. The van der Waals surface area contributed by atoms with Crippen LogP contribution in [0.25, 0.3) is 0 Å². The molecule has 7 rings (SSSR count). The van der Waals surface area contributed by atoms with Gasteiger partial charge in [-0.25, -0.2) is 9.97 Å². The molecule has 176 valence electrons. The predicted molar refractivity (Wildman–Crippen MR) is 123 cm³/mol. The van der Waals surface area contributed by atoms with Crippen molar-refractivity contribution < 1.29 is 19.0 Å². The molecule has 0 radical (unpaired) electrons. The molecule has 0 aromatic carbocycles. The Morgan fingerprint density at radius 1 is 1.06 bits per heavy atom. The molecule has 6 fully saturated rings. The van der Waals surface area contributed by atoms with Gasteiger partial charge in [0.25, 0.3) is 5.91 Å². The molecule has 2 heterocycles. The van der Waals surface area contributed by atoms with E-state index in [-0.39, 0.29) is 18.0 Å². The zero-order chi connectivity index (χ0) is 22.1. The molecule has 32 heavy (non-hydrogen) atoms. The molecular weight excluding hydrogens is 428 g/mol. The molecule has 1 aromatic heterocycles. The number of nitrogens with zero attached hydrogens (tertiary/aromatic N) is 2. The molecule has 5 aliphatic carbocycles. The molecule has 5 saturated carbocycles. The summed E-state index contributed by atoms with van der Waals surface area (Å²) in [6, 6.07) is 0.270. The van der Waals surface area contributed by atoms with Crippen molar-refractivity contribution in [2.45, 2.75) is 81.4 Å². The van der Waals surface area contributed by atoms with Crippen molar-refractivity contribution >= 4 is 22.4 Å². The van der Waals surface area contributed by atoms with Crippen molar-refractivity contribution in [1.29, 1.82) is 0 Å². The summed E-state index contributed by atoms with van der Waals surface area (Å²) in [5.74, 6) is 2.97. The van der Waals surface area contributed by atoms with E-state index in [9.17, 15) is 19.0 Å². The van der Waals surface area contributed by atoms with Crippen LogP contribution < -0.4 is 10.6 Å². The fourth-order valence-corrected chi connectivity index (χ4v) is 8.52. The lowest BCUT2D eigenvalue weighted by Crippen LogP contribution is -2.61. The van der Waals surface area contributed by atoms with Gasteiger partial charge in [0.15, 0.2) is 0 Å². The molecule has 5 N–H and O–H groups in total. The first-order valence-electron chi connectivity index (χ1n) is 12.2. The van der Waals surface area contributed by atoms with Crippen molar-refractivity contribution in [2.75, 3.05) is 16.8 Å². The number of hydrogen-bond acceptors (Lipinski definition) is 7. The molecule has 4 bridgehead atoms. The van der Waals surface area contributed by atoms with Crippen LogP contribution in [0.2, 0.25) is 0 Å². The Labute approximate surface area is 190 Å². The normalized spacial score (nSPS) is 39.0. The van der Waals surface area contributed by atoms with Crippen LogP contribution in [0.1, 0.15) is 79.8 Å². The van der Waals surface area contributed by atoms with Gasteiger partial charge in [0.2, 0.25) is 5.95 Å². The molecule has 2 unspecified atom stereocenters. The second-order valence-electron chi connectivity index (χ2n) is 11.1. The zero-order valence-electron chi connectivity index (χ0n) is 18.4. The van der Waals surface area contributed by atoms with E-state index >= 15 is 0 Å². The van der Waals surface area contributed by atoms with Crippen molar-refractivity contribution in [3.63, 3.8) is 0 Å². The third kappa shape index (κ3) is 4.02. The largest absolute Gasteiger partial charge is 0.390 e. The first-order chi connectivity index (χ1) is 15.3. The van der Waals surface area contributed by atoms with Crippen molar-refractivity contribution in [1.82, 2.24) is 15.3 Å². The standard InChI is InChI=1S/C23H34N4O4S/c28-21(26-19-15-7-13-8-16(19)11-23(29,9-13)10-15)18-12-24-22(27-20(18)14-1-2-14)25-17-3-5-32(30,31)6-4-17/h12-17,19,29-31H,1-11H2,(H,26,28)(H,24,25,27). The summed E-state index contributed by atoms with van der Waals surface area (Å²) in [7, 11) is -2.41. The average Bonchev–Trinajstić information content (AvgIpc) is 3.56. The van der Waals surface area contributed by atoms with Gasteiger partial charge in [0, 0.05) is 35.7 Å². The third-order valence-electron chi connectivity index (χ3n) is 8.49. The van der Waals surface area contributed by atoms with Crippen molar-refractivity contribution in [2.24, 2.45) is 17.8 Å². The number of carbonyl (C=O) groups excluding carboxylic acids is 1. The molecule has 6 aliphatic rings. The minimum atomic E-state index is -2.41. The Balaban J connectivity index is 1.16. The second kappa shape index (κ2) is 7.55. The first-order valence-corrected chi connectivity index (χ1v) is 14.1. The number of amides is 1. The van der Waals surface area contributed by atoms with Gasteiger partial charge in [0.1, 0.15) is 0 Å². The quantitative estimate of drug-likeness (QED) is 0.454. The van der Waals surface area contributed by atoms with Gasteiger partial charge < -0.3 is 15.7 Å². The fraction of sp³-hybridized carbons (Fsp3) is 0.783. The first kappa shape index (κ1) is 21.1. The number of carbonyl (C=O) groups is 1. The SMILES string of the molecule is O=C(NC1C2CC3CC1CC(O)(C3)C2)c1cnc(NC2CCS(O)(O)CC2)nc1C1CC1. The van der Waals surface area contributed by atoms with Crippen LogP contribution in [0.5, 0.6) is 0 Å². The maximum atomic E-state index is 13.3. The molecule has 1 amide bonds. The Bertz CT molecular complexity index is 897. The van der Waals surface area contributed by atoms with Crippen molar-refractivity contribution in [3.05, 3.63) is 17.5 Å². The number of aliphatic hydroxyl groups is 1. The molecule has 1 aromatic rings. The van der Waals surface area contributed by atoms with Crippen LogP contribution >= 0.6 is 10.6 Å². The van der Waals surface area contributed by atoms with Gasteiger partial charge in [0.05, 0.1) is 16.9 Å².